The van der Waals surface area contributed by atoms with E-state index in [0.717, 1.165) is 6.26 Å². The van der Waals surface area contributed by atoms with Gasteiger partial charge in [0, 0.05) is 19.6 Å². The molecule has 116 valence electrons. The van der Waals surface area contributed by atoms with Crippen LogP contribution in [0.4, 0.5) is 0 Å². The van der Waals surface area contributed by atoms with Crippen LogP contribution in [0.3, 0.4) is 0 Å². The first kappa shape index (κ1) is 15.7. The lowest BCUT2D eigenvalue weighted by Gasteiger charge is -2.29. The molecule has 0 N–H and O–H groups in total. The molecule has 2 atom stereocenters. The SMILES string of the molecule is CN(C(=O)C1CCCN1S(C)(=O)=O)C1CCS(=O)(=O)C1. The quantitative estimate of drug-likeness (QED) is 0.668. The third-order valence-electron chi connectivity index (χ3n) is 4.02. The van der Waals surface area contributed by atoms with Gasteiger partial charge < -0.3 is 4.90 Å². The van der Waals surface area contributed by atoms with Crippen LogP contribution < -0.4 is 0 Å². The molecule has 9 heteroatoms. The summed E-state index contributed by atoms with van der Waals surface area (Å²) in [6.45, 7) is 0.353. The summed E-state index contributed by atoms with van der Waals surface area (Å²) in [4.78, 5) is 13.8. The molecule has 2 unspecified atom stereocenters. The Hall–Kier alpha value is -0.670. The second-order valence-electron chi connectivity index (χ2n) is 5.54. The smallest absolute Gasteiger partial charge is 0.241 e. The third-order valence-corrected chi connectivity index (χ3v) is 7.06. The Labute approximate surface area is 119 Å². The van der Waals surface area contributed by atoms with Crippen molar-refractivity contribution in [2.45, 2.75) is 31.3 Å². The first-order chi connectivity index (χ1) is 9.12. The Kier molecular flexibility index (Phi) is 4.14. The lowest BCUT2D eigenvalue weighted by atomic mass is 10.1. The molecule has 2 rings (SSSR count). The molecule has 2 saturated heterocycles. The van der Waals surface area contributed by atoms with Crippen molar-refractivity contribution in [1.82, 2.24) is 9.21 Å². The van der Waals surface area contributed by atoms with E-state index in [1.54, 1.807) is 7.05 Å². The number of rotatable bonds is 3. The number of sulfone groups is 1. The van der Waals surface area contributed by atoms with Gasteiger partial charge in [0.2, 0.25) is 15.9 Å². The Morgan fingerprint density at radius 2 is 1.95 bits per heavy atom. The summed E-state index contributed by atoms with van der Waals surface area (Å²) in [7, 11) is -4.91. The molecule has 2 heterocycles. The van der Waals surface area contributed by atoms with E-state index in [9.17, 15) is 21.6 Å². The Morgan fingerprint density at radius 1 is 1.30 bits per heavy atom. The fraction of sp³-hybridized carbons (Fsp3) is 0.909. The largest absolute Gasteiger partial charge is 0.340 e. The van der Waals surface area contributed by atoms with Gasteiger partial charge >= 0.3 is 0 Å². The van der Waals surface area contributed by atoms with Crippen molar-refractivity contribution in [1.29, 1.82) is 0 Å². The molecule has 0 saturated carbocycles. The number of carbonyl (C=O) groups excluding carboxylic acids is 1. The van der Waals surface area contributed by atoms with E-state index in [1.807, 2.05) is 0 Å². The number of amides is 1. The van der Waals surface area contributed by atoms with E-state index < -0.39 is 25.9 Å². The first-order valence-corrected chi connectivity index (χ1v) is 10.2. The van der Waals surface area contributed by atoms with Crippen LogP contribution >= 0.6 is 0 Å². The standard InChI is InChI=1S/C11H20N2O5S2/c1-12(9-5-7-20(17,18)8-9)11(14)10-4-3-6-13(10)19(2,15)16/h9-10H,3-8H2,1-2H3. The van der Waals surface area contributed by atoms with Gasteiger partial charge in [-0.05, 0) is 19.3 Å². The van der Waals surface area contributed by atoms with Gasteiger partial charge in [-0.25, -0.2) is 16.8 Å². The second-order valence-corrected chi connectivity index (χ2v) is 9.70. The van der Waals surface area contributed by atoms with Crippen LogP contribution in [0.25, 0.3) is 0 Å². The highest BCUT2D eigenvalue weighted by molar-refractivity contribution is 7.91. The molecule has 2 aliphatic rings. The van der Waals surface area contributed by atoms with Crippen LogP contribution in [0, 0.1) is 0 Å². The van der Waals surface area contributed by atoms with Crippen molar-refractivity contribution in [2.24, 2.45) is 0 Å². The minimum Gasteiger partial charge on any atom is -0.340 e. The van der Waals surface area contributed by atoms with Crippen molar-refractivity contribution in [2.75, 3.05) is 31.4 Å². The Bertz CT molecular complexity index is 598. The zero-order valence-electron chi connectivity index (χ0n) is 11.6. The average molecular weight is 324 g/mol. The van der Waals surface area contributed by atoms with Crippen molar-refractivity contribution < 1.29 is 21.6 Å². The van der Waals surface area contributed by atoms with Crippen LogP contribution in [0.5, 0.6) is 0 Å². The van der Waals surface area contributed by atoms with Crippen molar-refractivity contribution in [3.63, 3.8) is 0 Å². The van der Waals surface area contributed by atoms with Gasteiger partial charge in [0.05, 0.1) is 17.8 Å². The zero-order chi connectivity index (χ0) is 15.1. The molecule has 2 aliphatic heterocycles. The lowest BCUT2D eigenvalue weighted by molar-refractivity contribution is -0.134. The molecule has 0 spiro atoms. The van der Waals surface area contributed by atoms with E-state index in [2.05, 4.69) is 0 Å². The third kappa shape index (κ3) is 3.15. The molecule has 0 aliphatic carbocycles. The molecule has 1 amide bonds. The van der Waals surface area contributed by atoms with Gasteiger partial charge in [0.15, 0.2) is 9.84 Å². The monoisotopic (exact) mass is 324 g/mol. The number of nitrogens with zero attached hydrogens (tertiary/aromatic N) is 2. The first-order valence-electron chi connectivity index (χ1n) is 6.56. The van der Waals surface area contributed by atoms with E-state index in [0.29, 0.717) is 25.8 Å². The zero-order valence-corrected chi connectivity index (χ0v) is 13.3. The summed E-state index contributed by atoms with van der Waals surface area (Å²) in [6, 6.07) is -1.02. The summed E-state index contributed by atoms with van der Waals surface area (Å²) in [5.74, 6) is -0.230. The van der Waals surface area contributed by atoms with E-state index in [1.165, 1.54) is 9.21 Å². The van der Waals surface area contributed by atoms with Gasteiger partial charge in [0.1, 0.15) is 6.04 Å². The predicted molar refractivity (Wildman–Crippen MR) is 74.4 cm³/mol. The summed E-state index contributed by atoms with van der Waals surface area (Å²) in [5, 5.41) is 0. The maximum atomic E-state index is 12.4. The number of hydrogen-bond donors (Lipinski definition) is 0. The maximum Gasteiger partial charge on any atom is 0.241 e. The molecule has 0 aromatic carbocycles. The van der Waals surface area contributed by atoms with Crippen LogP contribution in [0.15, 0.2) is 0 Å². The molecule has 7 nitrogen and oxygen atoms in total. The Morgan fingerprint density at radius 3 is 2.45 bits per heavy atom. The van der Waals surface area contributed by atoms with Crippen LogP contribution in [-0.4, -0.2) is 75.4 Å². The van der Waals surface area contributed by atoms with Crippen LogP contribution in [0.2, 0.25) is 0 Å². The average Bonchev–Trinajstić information content (AvgIpc) is 2.92. The molecule has 0 aromatic heterocycles. The highest BCUT2D eigenvalue weighted by Gasteiger charge is 2.41. The molecule has 20 heavy (non-hydrogen) atoms. The van der Waals surface area contributed by atoms with Crippen LogP contribution in [-0.2, 0) is 24.7 Å². The number of likely N-dealkylation sites (N-methyl/N-ethyl adjacent to an activating group) is 1. The molecule has 0 bridgehead atoms. The second kappa shape index (κ2) is 5.27. The highest BCUT2D eigenvalue weighted by atomic mass is 32.2. The molecule has 2 fully saturated rings. The number of hydrogen-bond acceptors (Lipinski definition) is 5. The molecule has 0 aromatic rings. The van der Waals surface area contributed by atoms with Gasteiger partial charge in [-0.15, -0.1) is 0 Å². The minimum atomic E-state index is -3.41. The van der Waals surface area contributed by atoms with E-state index in [-0.39, 0.29) is 23.5 Å². The fourth-order valence-electron chi connectivity index (χ4n) is 2.88. The van der Waals surface area contributed by atoms with Crippen molar-refractivity contribution in [3.05, 3.63) is 0 Å². The number of sulfonamides is 1. The predicted octanol–water partition coefficient (Wildman–Crippen LogP) is -0.944. The summed E-state index contributed by atoms with van der Waals surface area (Å²) < 4.78 is 47.5. The van der Waals surface area contributed by atoms with Gasteiger partial charge in [-0.1, -0.05) is 0 Å². The minimum absolute atomic E-state index is 0.0269. The summed E-state index contributed by atoms with van der Waals surface area (Å²) >= 11 is 0. The van der Waals surface area contributed by atoms with Crippen molar-refractivity contribution >= 4 is 25.8 Å². The van der Waals surface area contributed by atoms with Gasteiger partial charge in [-0.3, -0.25) is 4.79 Å². The van der Waals surface area contributed by atoms with Gasteiger partial charge in [0.25, 0.3) is 0 Å². The fourth-order valence-corrected chi connectivity index (χ4v) is 5.77. The molecular weight excluding hydrogens is 304 g/mol. The summed E-state index contributed by atoms with van der Waals surface area (Å²) in [5.41, 5.74) is 0. The molecular formula is C11H20N2O5S2. The highest BCUT2D eigenvalue weighted by Crippen LogP contribution is 2.24. The maximum absolute atomic E-state index is 12.4. The van der Waals surface area contributed by atoms with E-state index >= 15 is 0 Å². The van der Waals surface area contributed by atoms with Crippen LogP contribution in [0.1, 0.15) is 19.3 Å². The summed E-state index contributed by atoms with van der Waals surface area (Å²) in [6.07, 6.45) is 2.67. The lowest BCUT2D eigenvalue weighted by Crippen LogP contribution is -2.49. The number of carbonyl (C=O) groups is 1. The van der Waals surface area contributed by atoms with E-state index in [4.69, 9.17) is 0 Å². The normalized spacial score (nSPS) is 30.5. The van der Waals surface area contributed by atoms with Gasteiger partial charge in [-0.2, -0.15) is 4.31 Å². The van der Waals surface area contributed by atoms with Crippen molar-refractivity contribution in [3.8, 4) is 0 Å². The topological polar surface area (TPSA) is 91.8 Å². The molecule has 0 radical (unpaired) electrons. The Balaban J connectivity index is 2.11.